The summed E-state index contributed by atoms with van der Waals surface area (Å²) in [4.78, 5) is 21.7. The lowest BCUT2D eigenvalue weighted by molar-refractivity contribution is 0.0733. The Hall–Kier alpha value is -2.20. The number of aromatic nitrogens is 1. The number of amides is 1. The van der Waals surface area contributed by atoms with Crippen LogP contribution in [-0.4, -0.2) is 47.4 Å². The fourth-order valence-electron chi connectivity index (χ4n) is 4.25. The molecule has 0 unspecified atom stereocenters. The highest BCUT2D eigenvalue weighted by atomic mass is 16.2. The third kappa shape index (κ3) is 3.38. The molecule has 1 amide bonds. The Balaban J connectivity index is 1.46. The van der Waals surface area contributed by atoms with E-state index in [0.717, 1.165) is 37.9 Å². The van der Waals surface area contributed by atoms with Crippen LogP contribution in [0.25, 0.3) is 0 Å². The van der Waals surface area contributed by atoms with E-state index in [0.29, 0.717) is 6.04 Å². The van der Waals surface area contributed by atoms with Gasteiger partial charge in [-0.15, -0.1) is 0 Å². The van der Waals surface area contributed by atoms with Crippen LogP contribution in [0.2, 0.25) is 0 Å². The van der Waals surface area contributed by atoms with Crippen molar-refractivity contribution >= 4 is 5.91 Å². The molecule has 0 spiro atoms. The van der Waals surface area contributed by atoms with Crippen LogP contribution in [0, 0.1) is 0 Å². The summed E-state index contributed by atoms with van der Waals surface area (Å²) in [6.07, 6.45) is 7.27. The van der Waals surface area contributed by atoms with E-state index in [9.17, 15) is 4.79 Å². The largest absolute Gasteiger partial charge is 0.340 e. The second kappa shape index (κ2) is 7.20. The Labute approximate surface area is 155 Å². The van der Waals surface area contributed by atoms with Crippen LogP contribution in [0.3, 0.4) is 0 Å². The summed E-state index contributed by atoms with van der Waals surface area (Å²) in [6.45, 7) is 1.68. The number of likely N-dealkylation sites (N-methyl/N-ethyl adjacent to an activating group) is 2. The summed E-state index contributed by atoms with van der Waals surface area (Å²) in [6, 6.07) is 11.0. The third-order valence-corrected chi connectivity index (χ3v) is 5.86. The fraction of sp³-hybridized carbons (Fsp3) is 0.455. The van der Waals surface area contributed by atoms with Crippen LogP contribution in [0.1, 0.15) is 45.6 Å². The Kier molecular flexibility index (Phi) is 4.77. The first-order chi connectivity index (χ1) is 12.6. The normalized spacial score (nSPS) is 19.5. The average molecular weight is 349 g/mol. The van der Waals surface area contributed by atoms with Gasteiger partial charge in [0.2, 0.25) is 0 Å². The lowest BCUT2D eigenvalue weighted by Gasteiger charge is -2.36. The van der Waals surface area contributed by atoms with E-state index in [4.69, 9.17) is 0 Å². The molecule has 0 bridgehead atoms. The number of rotatable bonds is 3. The molecule has 1 aromatic carbocycles. The summed E-state index contributed by atoms with van der Waals surface area (Å²) in [5.41, 5.74) is 5.98. The number of aryl methyl sites for hydroxylation is 2. The van der Waals surface area contributed by atoms with Crippen LogP contribution in [0.5, 0.6) is 0 Å². The molecule has 0 N–H and O–H groups in total. The van der Waals surface area contributed by atoms with E-state index in [1.54, 1.807) is 6.20 Å². The fourth-order valence-corrected chi connectivity index (χ4v) is 4.25. The molecular weight excluding hydrogens is 322 g/mol. The van der Waals surface area contributed by atoms with Gasteiger partial charge in [0, 0.05) is 38.1 Å². The standard InChI is InChI=1S/C22H27N3O/c1-24-14-18-9-4-3-7-16(18)12-20(24)15-25(2)22(26)19-11-17-8-5-6-10-21(17)23-13-19/h3-4,7,9,11,13,20H,5-6,8,10,12,14-15H2,1-2H3/t20-/m1/s1. The summed E-state index contributed by atoms with van der Waals surface area (Å²) in [5.74, 6) is 0.0816. The quantitative estimate of drug-likeness (QED) is 0.854. The summed E-state index contributed by atoms with van der Waals surface area (Å²) in [5, 5.41) is 0. The number of fused-ring (bicyclic) bond motifs is 2. The molecule has 4 rings (SSSR count). The molecule has 2 aromatic rings. The van der Waals surface area contributed by atoms with Crippen molar-refractivity contribution in [2.45, 2.75) is 44.7 Å². The molecule has 0 fully saturated rings. The smallest absolute Gasteiger partial charge is 0.255 e. The zero-order valence-electron chi connectivity index (χ0n) is 15.7. The second-order valence-electron chi connectivity index (χ2n) is 7.76. The van der Waals surface area contributed by atoms with E-state index in [2.05, 4.69) is 47.3 Å². The first-order valence-electron chi connectivity index (χ1n) is 9.62. The van der Waals surface area contributed by atoms with E-state index >= 15 is 0 Å². The van der Waals surface area contributed by atoms with Crippen molar-refractivity contribution in [3.63, 3.8) is 0 Å². The minimum absolute atomic E-state index is 0.0816. The maximum Gasteiger partial charge on any atom is 0.255 e. The highest BCUT2D eigenvalue weighted by molar-refractivity contribution is 5.94. The Morgan fingerprint density at radius 3 is 2.81 bits per heavy atom. The number of carbonyl (C=O) groups excluding carboxylic acids is 1. The number of hydrogen-bond donors (Lipinski definition) is 0. The van der Waals surface area contributed by atoms with Crippen LogP contribution >= 0.6 is 0 Å². The molecule has 4 nitrogen and oxygen atoms in total. The molecule has 0 saturated heterocycles. The molecule has 1 atom stereocenters. The minimum atomic E-state index is 0.0816. The maximum atomic E-state index is 12.9. The molecular formula is C22H27N3O. The van der Waals surface area contributed by atoms with E-state index in [1.165, 1.54) is 35.2 Å². The summed E-state index contributed by atoms with van der Waals surface area (Å²) < 4.78 is 0. The first kappa shape index (κ1) is 17.2. The monoisotopic (exact) mass is 349 g/mol. The maximum absolute atomic E-state index is 12.9. The van der Waals surface area contributed by atoms with Crippen molar-refractivity contribution in [1.82, 2.24) is 14.8 Å². The molecule has 0 radical (unpaired) electrons. The molecule has 136 valence electrons. The van der Waals surface area contributed by atoms with Crippen LogP contribution < -0.4 is 0 Å². The van der Waals surface area contributed by atoms with Crippen LogP contribution in [0.15, 0.2) is 36.5 Å². The first-order valence-corrected chi connectivity index (χ1v) is 9.62. The second-order valence-corrected chi connectivity index (χ2v) is 7.76. The lowest BCUT2D eigenvalue weighted by atomic mass is 9.94. The van der Waals surface area contributed by atoms with Gasteiger partial charge in [0.1, 0.15) is 0 Å². The summed E-state index contributed by atoms with van der Waals surface area (Å²) in [7, 11) is 4.06. The van der Waals surface area contributed by atoms with Crippen molar-refractivity contribution in [1.29, 1.82) is 0 Å². The van der Waals surface area contributed by atoms with Gasteiger partial charge < -0.3 is 4.90 Å². The van der Waals surface area contributed by atoms with Crippen molar-refractivity contribution < 1.29 is 4.79 Å². The van der Waals surface area contributed by atoms with E-state index < -0.39 is 0 Å². The average Bonchev–Trinajstić information content (AvgIpc) is 2.67. The van der Waals surface area contributed by atoms with Crippen LogP contribution in [0.4, 0.5) is 0 Å². The van der Waals surface area contributed by atoms with E-state index in [-0.39, 0.29) is 5.91 Å². The molecule has 1 aliphatic heterocycles. The zero-order chi connectivity index (χ0) is 18.1. The zero-order valence-corrected chi connectivity index (χ0v) is 15.7. The molecule has 2 aliphatic rings. The van der Waals surface area contributed by atoms with Gasteiger partial charge in [-0.1, -0.05) is 24.3 Å². The van der Waals surface area contributed by atoms with Crippen molar-refractivity contribution in [2.24, 2.45) is 0 Å². The van der Waals surface area contributed by atoms with Gasteiger partial charge in [-0.3, -0.25) is 14.7 Å². The van der Waals surface area contributed by atoms with Gasteiger partial charge in [0.05, 0.1) is 5.56 Å². The van der Waals surface area contributed by atoms with E-state index in [1.807, 2.05) is 11.9 Å². The molecule has 1 aliphatic carbocycles. The number of hydrogen-bond acceptors (Lipinski definition) is 3. The third-order valence-electron chi connectivity index (χ3n) is 5.86. The molecule has 4 heteroatoms. The van der Waals surface area contributed by atoms with Gasteiger partial charge in [-0.25, -0.2) is 0 Å². The highest BCUT2D eigenvalue weighted by Crippen LogP contribution is 2.23. The number of nitrogens with zero attached hydrogens (tertiary/aromatic N) is 3. The summed E-state index contributed by atoms with van der Waals surface area (Å²) >= 11 is 0. The minimum Gasteiger partial charge on any atom is -0.340 e. The van der Waals surface area contributed by atoms with Crippen molar-refractivity contribution in [3.8, 4) is 0 Å². The Morgan fingerprint density at radius 2 is 1.96 bits per heavy atom. The molecule has 0 saturated carbocycles. The predicted molar refractivity (Wildman–Crippen MR) is 103 cm³/mol. The highest BCUT2D eigenvalue weighted by Gasteiger charge is 2.26. The predicted octanol–water partition coefficient (Wildman–Crippen LogP) is 3.09. The van der Waals surface area contributed by atoms with Crippen LogP contribution in [-0.2, 0) is 25.8 Å². The Morgan fingerprint density at radius 1 is 1.19 bits per heavy atom. The number of carbonyl (C=O) groups is 1. The van der Waals surface area contributed by atoms with Crippen molar-refractivity contribution in [3.05, 3.63) is 64.5 Å². The Bertz CT molecular complexity index is 817. The van der Waals surface area contributed by atoms with Gasteiger partial charge >= 0.3 is 0 Å². The van der Waals surface area contributed by atoms with Crippen molar-refractivity contribution in [2.75, 3.05) is 20.6 Å². The molecule has 26 heavy (non-hydrogen) atoms. The van der Waals surface area contributed by atoms with Gasteiger partial charge in [0.25, 0.3) is 5.91 Å². The SMILES string of the molecule is CN(C[C@H]1Cc2ccccc2CN1C)C(=O)c1cnc2c(c1)CCCC2. The lowest BCUT2D eigenvalue weighted by Crippen LogP contribution is -2.46. The van der Waals surface area contributed by atoms with Gasteiger partial charge in [0.15, 0.2) is 0 Å². The van der Waals surface area contributed by atoms with Gasteiger partial charge in [-0.05, 0) is 61.9 Å². The number of benzene rings is 1. The molecule has 1 aromatic heterocycles. The van der Waals surface area contributed by atoms with Gasteiger partial charge in [-0.2, -0.15) is 0 Å². The topological polar surface area (TPSA) is 36.4 Å². The molecule has 2 heterocycles. The number of pyridine rings is 1.